The summed E-state index contributed by atoms with van der Waals surface area (Å²) in [5.74, 6) is 0.138. The number of benzene rings is 1. The van der Waals surface area contributed by atoms with Crippen LogP contribution in [0.5, 0.6) is 5.75 Å². The lowest BCUT2D eigenvalue weighted by atomic mass is 10.2. The monoisotopic (exact) mass is 400 g/mol. The van der Waals surface area contributed by atoms with E-state index in [4.69, 9.17) is 4.74 Å². The smallest absolute Gasteiger partial charge is 0.305 e. The van der Waals surface area contributed by atoms with Crippen LogP contribution in [0.2, 0.25) is 0 Å². The fourth-order valence-electron chi connectivity index (χ4n) is 2.25. The summed E-state index contributed by atoms with van der Waals surface area (Å²) in [6.07, 6.45) is 2.70. The van der Waals surface area contributed by atoms with Crippen LogP contribution in [0, 0.1) is 0 Å². The van der Waals surface area contributed by atoms with Gasteiger partial charge in [0, 0.05) is 25.9 Å². The second-order valence-corrected chi connectivity index (χ2v) is 7.56. The van der Waals surface area contributed by atoms with Gasteiger partial charge in [0.25, 0.3) is 0 Å². The van der Waals surface area contributed by atoms with Crippen molar-refractivity contribution in [3.8, 4) is 5.75 Å². The minimum Gasteiger partial charge on any atom is -0.494 e. The fraction of sp³-hybridized carbons (Fsp3) is 0.556. The second-order valence-electron chi connectivity index (χ2n) is 5.79. The maximum atomic E-state index is 12.2. The molecule has 8 nitrogen and oxygen atoms in total. The van der Waals surface area contributed by atoms with Crippen LogP contribution in [-0.2, 0) is 24.3 Å². The molecule has 27 heavy (non-hydrogen) atoms. The van der Waals surface area contributed by atoms with E-state index in [1.54, 1.807) is 12.1 Å². The number of nitrogens with one attached hydrogen (secondary N) is 2. The molecule has 1 rings (SSSR count). The summed E-state index contributed by atoms with van der Waals surface area (Å²) in [5.41, 5.74) is 0. The Balaban J connectivity index is 2.23. The van der Waals surface area contributed by atoms with E-state index >= 15 is 0 Å². The van der Waals surface area contributed by atoms with E-state index in [1.807, 2.05) is 6.92 Å². The predicted molar refractivity (Wildman–Crippen MR) is 101 cm³/mol. The minimum absolute atomic E-state index is 0.0176. The number of carbonyl (C=O) groups excluding carboxylic acids is 2. The Morgan fingerprint density at radius 1 is 1.00 bits per heavy atom. The van der Waals surface area contributed by atoms with Gasteiger partial charge in [-0.2, -0.15) is 0 Å². The summed E-state index contributed by atoms with van der Waals surface area (Å²) in [6, 6.07) is 6.10. The molecule has 0 aliphatic heterocycles. The summed E-state index contributed by atoms with van der Waals surface area (Å²) in [6.45, 7) is 2.86. The molecule has 1 aromatic carbocycles. The third-order valence-electron chi connectivity index (χ3n) is 3.70. The van der Waals surface area contributed by atoms with Crippen molar-refractivity contribution in [1.82, 2.24) is 10.0 Å². The summed E-state index contributed by atoms with van der Waals surface area (Å²) < 4.78 is 36.6. The van der Waals surface area contributed by atoms with Crippen LogP contribution in [0.1, 0.15) is 39.0 Å². The summed E-state index contributed by atoms with van der Waals surface area (Å²) in [4.78, 5) is 22.8. The third-order valence-corrected chi connectivity index (χ3v) is 5.17. The van der Waals surface area contributed by atoms with Crippen LogP contribution < -0.4 is 14.8 Å². The lowest BCUT2D eigenvalue weighted by Crippen LogP contribution is -2.31. The third kappa shape index (κ3) is 9.39. The highest BCUT2D eigenvalue weighted by molar-refractivity contribution is 7.89. The molecule has 0 bridgehead atoms. The molecule has 0 aliphatic rings. The van der Waals surface area contributed by atoms with Crippen LogP contribution in [-0.4, -0.2) is 47.1 Å². The highest BCUT2D eigenvalue weighted by Crippen LogP contribution is 2.15. The highest BCUT2D eigenvalue weighted by atomic mass is 32.2. The average molecular weight is 400 g/mol. The zero-order chi connectivity index (χ0) is 20.1. The van der Waals surface area contributed by atoms with Gasteiger partial charge >= 0.3 is 5.97 Å². The molecule has 0 unspecified atom stereocenters. The van der Waals surface area contributed by atoms with Gasteiger partial charge in [0.05, 0.1) is 18.6 Å². The van der Waals surface area contributed by atoms with Crippen molar-refractivity contribution in [3.63, 3.8) is 0 Å². The standard InChI is InChI=1S/C18H28N2O6S/c1-3-26-15-8-10-16(11-9-15)27(23,24)20-14-12-17(21)19-13-6-4-5-7-18(22)25-2/h8-11,20H,3-7,12-14H2,1-2H3,(H,19,21). The van der Waals surface area contributed by atoms with Gasteiger partial charge in [0.1, 0.15) is 5.75 Å². The van der Waals surface area contributed by atoms with E-state index < -0.39 is 10.0 Å². The summed E-state index contributed by atoms with van der Waals surface area (Å²) >= 11 is 0. The van der Waals surface area contributed by atoms with Crippen molar-refractivity contribution >= 4 is 21.9 Å². The lowest BCUT2D eigenvalue weighted by Gasteiger charge is -2.09. The Labute approximate surface area is 160 Å². The Hall–Kier alpha value is -2.13. The minimum atomic E-state index is -3.66. The molecule has 0 radical (unpaired) electrons. The van der Waals surface area contributed by atoms with Crippen LogP contribution in [0.25, 0.3) is 0 Å². The Kier molecular flexibility index (Phi) is 10.4. The predicted octanol–water partition coefficient (Wildman–Crippen LogP) is 1.60. The van der Waals surface area contributed by atoms with Crippen LogP contribution in [0.3, 0.4) is 0 Å². The molecule has 0 heterocycles. The van der Waals surface area contributed by atoms with Crippen molar-refractivity contribution in [3.05, 3.63) is 24.3 Å². The number of hydrogen-bond acceptors (Lipinski definition) is 6. The number of esters is 1. The molecule has 0 fully saturated rings. The number of methoxy groups -OCH3 is 1. The van der Waals surface area contributed by atoms with Gasteiger partial charge in [-0.1, -0.05) is 6.42 Å². The van der Waals surface area contributed by atoms with Crippen LogP contribution in [0.4, 0.5) is 0 Å². The van der Waals surface area contributed by atoms with E-state index in [0.717, 1.165) is 12.8 Å². The maximum Gasteiger partial charge on any atom is 0.305 e. The van der Waals surface area contributed by atoms with Gasteiger partial charge in [0.2, 0.25) is 15.9 Å². The molecule has 0 atom stereocenters. The van der Waals surface area contributed by atoms with Crippen molar-refractivity contribution in [2.45, 2.75) is 43.9 Å². The molecule has 0 aromatic heterocycles. The zero-order valence-corrected chi connectivity index (χ0v) is 16.6. The first-order chi connectivity index (χ1) is 12.9. The SMILES string of the molecule is CCOc1ccc(S(=O)(=O)NCCC(=O)NCCCCCC(=O)OC)cc1. The molecular weight excluding hydrogens is 372 g/mol. The lowest BCUT2D eigenvalue weighted by molar-refractivity contribution is -0.140. The zero-order valence-electron chi connectivity index (χ0n) is 15.8. The first kappa shape index (κ1) is 22.9. The Morgan fingerprint density at radius 2 is 1.70 bits per heavy atom. The maximum absolute atomic E-state index is 12.2. The van der Waals surface area contributed by atoms with Gasteiger partial charge in [-0.15, -0.1) is 0 Å². The average Bonchev–Trinajstić information content (AvgIpc) is 2.65. The van der Waals surface area contributed by atoms with Crippen LogP contribution in [0.15, 0.2) is 29.2 Å². The molecular formula is C18H28N2O6S. The first-order valence-corrected chi connectivity index (χ1v) is 10.4. The largest absolute Gasteiger partial charge is 0.494 e. The normalized spacial score (nSPS) is 11.0. The number of rotatable bonds is 13. The second kappa shape index (κ2) is 12.3. The van der Waals surface area contributed by atoms with Gasteiger partial charge in [-0.25, -0.2) is 13.1 Å². The van der Waals surface area contributed by atoms with Crippen molar-refractivity contribution in [1.29, 1.82) is 0 Å². The van der Waals surface area contributed by atoms with Crippen molar-refractivity contribution in [2.75, 3.05) is 26.8 Å². The summed E-state index contributed by atoms with van der Waals surface area (Å²) in [7, 11) is -2.31. The number of unbranched alkanes of at least 4 members (excludes halogenated alkanes) is 2. The highest BCUT2D eigenvalue weighted by Gasteiger charge is 2.14. The molecule has 9 heteroatoms. The van der Waals surface area contributed by atoms with Crippen LogP contribution >= 0.6 is 0 Å². The molecule has 0 saturated heterocycles. The van der Waals surface area contributed by atoms with Gasteiger partial charge < -0.3 is 14.8 Å². The van der Waals surface area contributed by atoms with E-state index in [-0.39, 0.29) is 29.7 Å². The van der Waals surface area contributed by atoms with E-state index in [9.17, 15) is 18.0 Å². The topological polar surface area (TPSA) is 111 Å². The fourth-order valence-corrected chi connectivity index (χ4v) is 3.29. The molecule has 152 valence electrons. The number of carbonyl (C=O) groups is 2. The van der Waals surface area contributed by atoms with E-state index in [1.165, 1.54) is 19.2 Å². The number of ether oxygens (including phenoxy) is 2. The number of amides is 1. The molecule has 2 N–H and O–H groups in total. The Bertz CT molecular complexity index is 688. The van der Waals surface area contributed by atoms with Gasteiger partial charge in [0.15, 0.2) is 0 Å². The molecule has 0 aliphatic carbocycles. The first-order valence-electron chi connectivity index (χ1n) is 8.95. The van der Waals surface area contributed by atoms with Gasteiger partial charge in [-0.3, -0.25) is 9.59 Å². The van der Waals surface area contributed by atoms with E-state index in [2.05, 4.69) is 14.8 Å². The Morgan fingerprint density at radius 3 is 2.33 bits per heavy atom. The quantitative estimate of drug-likeness (QED) is 0.384. The number of hydrogen-bond donors (Lipinski definition) is 2. The number of sulfonamides is 1. The summed E-state index contributed by atoms with van der Waals surface area (Å²) in [5, 5.41) is 2.73. The molecule has 1 aromatic rings. The van der Waals surface area contributed by atoms with E-state index in [0.29, 0.717) is 31.7 Å². The molecule has 1 amide bonds. The molecule has 0 saturated carbocycles. The van der Waals surface area contributed by atoms with Crippen molar-refractivity contribution < 1.29 is 27.5 Å². The molecule has 0 spiro atoms. The van der Waals surface area contributed by atoms with Gasteiger partial charge in [-0.05, 0) is 44.0 Å². The van der Waals surface area contributed by atoms with Crippen molar-refractivity contribution in [2.24, 2.45) is 0 Å².